The number of nitro benzene ring substituents is 1. The van der Waals surface area contributed by atoms with Crippen LogP contribution in [-0.4, -0.2) is 22.4 Å². The van der Waals surface area contributed by atoms with Crippen LogP contribution in [0.15, 0.2) is 18.2 Å². The number of hydrogen-bond acceptors (Lipinski definition) is 4. The summed E-state index contributed by atoms with van der Waals surface area (Å²) in [7, 11) is 0. The molecule has 2 amide bonds. The van der Waals surface area contributed by atoms with Crippen LogP contribution in [0.25, 0.3) is 0 Å². The molecular weight excluding hydrogens is 259 g/mol. The number of carbonyl (C=O) groups excluding carboxylic acids is 1. The number of aromatic hydroxyl groups is 1. The predicted octanol–water partition coefficient (Wildman–Crippen LogP) is 1.71. The molecule has 0 heterocycles. The van der Waals surface area contributed by atoms with E-state index in [1.54, 1.807) is 0 Å². The number of nitrogens with zero attached hydrogens (tertiary/aromatic N) is 2. The van der Waals surface area contributed by atoms with Gasteiger partial charge >= 0.3 is 18.0 Å². The molecule has 0 radical (unpaired) electrons. The quantitative estimate of drug-likeness (QED) is 0.481. The highest BCUT2D eigenvalue weighted by atomic mass is 19.4. The number of para-hydroxylation sites is 1. The summed E-state index contributed by atoms with van der Waals surface area (Å²) < 4.78 is 37.5. The first-order valence-corrected chi connectivity index (χ1v) is 4.29. The van der Waals surface area contributed by atoms with E-state index in [4.69, 9.17) is 0 Å². The Bertz CT molecular complexity index is 503. The molecule has 18 heavy (non-hydrogen) atoms. The number of nitro groups is 1. The number of halogens is 3. The molecule has 0 fully saturated rings. The number of carbonyl (C=O) groups is 1. The Kier molecular flexibility index (Phi) is 3.30. The topological polar surface area (TPSA) is 110 Å². The summed E-state index contributed by atoms with van der Waals surface area (Å²) in [5.41, 5.74) is 2.46. The summed E-state index contributed by atoms with van der Waals surface area (Å²) in [5.74, 6) is -1.29. The van der Waals surface area contributed by atoms with Gasteiger partial charge in [0, 0.05) is 6.07 Å². The maximum absolute atomic E-state index is 12.5. The van der Waals surface area contributed by atoms with E-state index in [1.807, 2.05) is 0 Å². The molecule has 0 saturated carbocycles. The first-order chi connectivity index (χ1) is 8.16. The number of nitrogens with two attached hydrogens (primary N) is 1. The lowest BCUT2D eigenvalue weighted by Crippen LogP contribution is -2.46. The molecule has 0 saturated heterocycles. The number of alkyl halides is 3. The molecule has 0 atom stereocenters. The number of phenolic OH excluding ortho intramolecular Hbond substituents is 1. The second-order valence-corrected chi connectivity index (χ2v) is 3.04. The van der Waals surface area contributed by atoms with Crippen LogP contribution in [0, 0.1) is 10.1 Å². The average Bonchev–Trinajstić information content (AvgIpc) is 2.17. The number of phenols is 1. The van der Waals surface area contributed by atoms with Crippen LogP contribution in [0.4, 0.5) is 29.3 Å². The van der Waals surface area contributed by atoms with Gasteiger partial charge in [0.25, 0.3) is 0 Å². The molecule has 1 aromatic rings. The van der Waals surface area contributed by atoms with Gasteiger partial charge in [-0.1, -0.05) is 6.07 Å². The van der Waals surface area contributed by atoms with E-state index in [-0.39, 0.29) is 0 Å². The lowest BCUT2D eigenvalue weighted by molar-refractivity contribution is -0.385. The number of benzene rings is 1. The molecule has 0 unspecified atom stereocenters. The molecule has 0 aliphatic rings. The van der Waals surface area contributed by atoms with Gasteiger partial charge in [-0.15, -0.1) is 13.2 Å². The highest BCUT2D eigenvalue weighted by molar-refractivity contribution is 5.93. The van der Waals surface area contributed by atoms with E-state index >= 15 is 0 Å². The highest BCUT2D eigenvalue weighted by Crippen LogP contribution is 2.39. The second kappa shape index (κ2) is 4.39. The van der Waals surface area contributed by atoms with Gasteiger partial charge in [0.2, 0.25) is 5.75 Å². The zero-order valence-corrected chi connectivity index (χ0v) is 8.51. The molecule has 7 nitrogen and oxygen atoms in total. The third-order valence-electron chi connectivity index (χ3n) is 1.90. The van der Waals surface area contributed by atoms with Crippen molar-refractivity contribution in [3.8, 4) is 5.75 Å². The first kappa shape index (κ1) is 13.5. The maximum Gasteiger partial charge on any atom is 0.493 e. The smallest absolute Gasteiger partial charge is 0.493 e. The number of rotatable bonds is 2. The molecule has 0 aliphatic carbocycles. The van der Waals surface area contributed by atoms with E-state index in [0.29, 0.717) is 6.07 Å². The lowest BCUT2D eigenvalue weighted by atomic mass is 10.2. The summed E-state index contributed by atoms with van der Waals surface area (Å²) in [6.45, 7) is 0. The Morgan fingerprint density at radius 1 is 1.44 bits per heavy atom. The van der Waals surface area contributed by atoms with Crippen molar-refractivity contribution in [3.63, 3.8) is 0 Å². The standard InChI is InChI=1S/C8H6F3N3O4/c9-8(10,11)13(7(12)16)4-2-1-3-5(6(4)15)14(17)18/h1-3,15H,(H2,12,16). The molecule has 0 bridgehead atoms. The summed E-state index contributed by atoms with van der Waals surface area (Å²) in [6.07, 6.45) is -5.21. The number of amides is 2. The van der Waals surface area contributed by atoms with E-state index < -0.39 is 39.3 Å². The summed E-state index contributed by atoms with van der Waals surface area (Å²) in [5, 5.41) is 19.8. The van der Waals surface area contributed by atoms with E-state index in [2.05, 4.69) is 5.73 Å². The second-order valence-electron chi connectivity index (χ2n) is 3.04. The molecule has 1 rings (SSSR count). The van der Waals surface area contributed by atoms with Crippen molar-refractivity contribution in [2.75, 3.05) is 4.90 Å². The Balaban J connectivity index is 3.44. The molecule has 0 aliphatic heterocycles. The Morgan fingerprint density at radius 2 is 2.00 bits per heavy atom. The van der Waals surface area contributed by atoms with Crippen molar-refractivity contribution in [1.29, 1.82) is 0 Å². The molecule has 0 spiro atoms. The zero-order valence-electron chi connectivity index (χ0n) is 8.51. The van der Waals surface area contributed by atoms with Crippen LogP contribution in [-0.2, 0) is 0 Å². The minimum Gasteiger partial charge on any atom is -0.501 e. The van der Waals surface area contributed by atoms with Gasteiger partial charge in [-0.3, -0.25) is 10.1 Å². The van der Waals surface area contributed by atoms with Gasteiger partial charge in [0.15, 0.2) is 0 Å². The summed E-state index contributed by atoms with van der Waals surface area (Å²) in [6, 6.07) is 0.433. The largest absolute Gasteiger partial charge is 0.501 e. The Morgan fingerprint density at radius 3 is 2.39 bits per heavy atom. The summed E-state index contributed by atoms with van der Waals surface area (Å²) >= 11 is 0. The van der Waals surface area contributed by atoms with E-state index in [9.17, 15) is 33.2 Å². The van der Waals surface area contributed by atoms with Crippen molar-refractivity contribution in [2.24, 2.45) is 5.73 Å². The van der Waals surface area contributed by atoms with E-state index in [1.165, 1.54) is 0 Å². The fourth-order valence-electron chi connectivity index (χ4n) is 1.23. The minimum atomic E-state index is -5.21. The van der Waals surface area contributed by atoms with Crippen LogP contribution in [0.2, 0.25) is 0 Å². The fourth-order valence-corrected chi connectivity index (χ4v) is 1.23. The van der Waals surface area contributed by atoms with Gasteiger partial charge in [0.1, 0.15) is 5.69 Å². The number of anilines is 1. The number of urea groups is 1. The first-order valence-electron chi connectivity index (χ1n) is 4.29. The molecule has 98 valence electrons. The number of primary amides is 1. The van der Waals surface area contributed by atoms with Crippen LogP contribution in [0.1, 0.15) is 0 Å². The molecule has 3 N–H and O–H groups in total. The molecule has 1 aromatic carbocycles. The minimum absolute atomic E-state index is 0.681. The maximum atomic E-state index is 12.5. The van der Waals surface area contributed by atoms with Crippen molar-refractivity contribution < 1.29 is 28.0 Å². The lowest BCUT2D eigenvalue weighted by Gasteiger charge is -2.23. The van der Waals surface area contributed by atoms with Crippen molar-refractivity contribution in [2.45, 2.75) is 6.30 Å². The average molecular weight is 265 g/mol. The van der Waals surface area contributed by atoms with Crippen LogP contribution in [0.5, 0.6) is 5.75 Å². The molecular formula is C8H6F3N3O4. The zero-order chi connectivity index (χ0) is 14.1. The fraction of sp³-hybridized carbons (Fsp3) is 0.125. The van der Waals surface area contributed by atoms with Gasteiger partial charge in [0.05, 0.1) is 4.92 Å². The van der Waals surface area contributed by atoms with Crippen LogP contribution in [0.3, 0.4) is 0 Å². The van der Waals surface area contributed by atoms with E-state index in [0.717, 1.165) is 12.1 Å². The van der Waals surface area contributed by atoms with Crippen molar-refractivity contribution in [3.05, 3.63) is 28.3 Å². The van der Waals surface area contributed by atoms with Gasteiger partial charge < -0.3 is 10.8 Å². The molecule has 0 aromatic heterocycles. The number of hydrogen-bond donors (Lipinski definition) is 2. The van der Waals surface area contributed by atoms with Gasteiger partial charge in [-0.05, 0) is 6.07 Å². The van der Waals surface area contributed by atoms with Crippen LogP contribution < -0.4 is 10.6 Å². The Hall–Kier alpha value is -2.52. The van der Waals surface area contributed by atoms with Gasteiger partial charge in [-0.2, -0.15) is 4.90 Å². The van der Waals surface area contributed by atoms with Gasteiger partial charge in [-0.25, -0.2) is 4.79 Å². The predicted molar refractivity (Wildman–Crippen MR) is 52.9 cm³/mol. The SMILES string of the molecule is NC(=O)N(c1cccc([N+](=O)[O-])c1O)C(F)(F)F. The monoisotopic (exact) mass is 265 g/mol. The van der Waals surface area contributed by atoms with Crippen molar-refractivity contribution >= 4 is 17.4 Å². The molecule has 10 heteroatoms. The third-order valence-corrected chi connectivity index (χ3v) is 1.90. The highest BCUT2D eigenvalue weighted by Gasteiger charge is 2.43. The third kappa shape index (κ3) is 2.42. The Labute approximate surface area is 97.4 Å². The normalized spacial score (nSPS) is 11.1. The van der Waals surface area contributed by atoms with Crippen LogP contribution >= 0.6 is 0 Å². The summed E-state index contributed by atoms with van der Waals surface area (Å²) in [4.78, 5) is 19.2. The van der Waals surface area contributed by atoms with Crippen molar-refractivity contribution in [1.82, 2.24) is 0 Å².